The van der Waals surface area contributed by atoms with Crippen molar-refractivity contribution in [3.05, 3.63) is 86.8 Å². The van der Waals surface area contributed by atoms with E-state index in [4.69, 9.17) is 4.74 Å². The highest BCUT2D eigenvalue weighted by atomic mass is 19.1. The first-order valence-corrected chi connectivity index (χ1v) is 11.6. The van der Waals surface area contributed by atoms with Crippen molar-refractivity contribution in [2.75, 3.05) is 23.3 Å². The molecule has 0 atom stereocenters. The molecule has 7 nitrogen and oxygen atoms in total. The van der Waals surface area contributed by atoms with Gasteiger partial charge in [-0.2, -0.15) is 5.26 Å². The number of piperidine rings is 1. The van der Waals surface area contributed by atoms with E-state index in [1.54, 1.807) is 45.2 Å². The molecular formula is C27H26F2N4O3. The zero-order valence-electron chi connectivity index (χ0n) is 20.3. The van der Waals surface area contributed by atoms with E-state index in [2.05, 4.69) is 11.4 Å². The second-order valence-corrected chi connectivity index (χ2v) is 8.88. The summed E-state index contributed by atoms with van der Waals surface area (Å²) in [5, 5.41) is 12.2. The SMILES string of the molecule is Cc1cc(C)n(C)c(=O)c1C(=O)Nc1cc(C#N)ccc1N1CCC(Oc2ccc(F)cc2F)CC1. The topological polar surface area (TPSA) is 87.4 Å². The number of nitrogens with one attached hydrogen (secondary N) is 1. The van der Waals surface area contributed by atoms with Crippen LogP contribution in [0.1, 0.15) is 40.0 Å². The summed E-state index contributed by atoms with van der Waals surface area (Å²) in [5.74, 6) is -1.94. The second-order valence-electron chi connectivity index (χ2n) is 8.88. The van der Waals surface area contributed by atoms with Gasteiger partial charge in [0, 0.05) is 44.7 Å². The fourth-order valence-electron chi connectivity index (χ4n) is 4.39. The molecule has 1 aliphatic heterocycles. The summed E-state index contributed by atoms with van der Waals surface area (Å²) in [6.45, 7) is 4.61. The minimum absolute atomic E-state index is 0.0104. The molecule has 2 heterocycles. The number of anilines is 2. The number of rotatable bonds is 5. The molecule has 9 heteroatoms. The molecule has 186 valence electrons. The van der Waals surface area contributed by atoms with Crippen molar-refractivity contribution >= 4 is 17.3 Å². The summed E-state index contributed by atoms with van der Waals surface area (Å²) in [6, 6.07) is 12.1. The van der Waals surface area contributed by atoms with Gasteiger partial charge in [-0.05, 0) is 55.8 Å². The molecule has 36 heavy (non-hydrogen) atoms. The molecule has 1 fully saturated rings. The van der Waals surface area contributed by atoms with Crippen LogP contribution in [0.3, 0.4) is 0 Å². The van der Waals surface area contributed by atoms with Crippen LogP contribution in [0.15, 0.2) is 47.3 Å². The Morgan fingerprint density at radius 2 is 1.83 bits per heavy atom. The van der Waals surface area contributed by atoms with Gasteiger partial charge in [0.15, 0.2) is 11.6 Å². The molecule has 1 N–H and O–H groups in total. The third-order valence-corrected chi connectivity index (χ3v) is 6.44. The van der Waals surface area contributed by atoms with Gasteiger partial charge in [-0.15, -0.1) is 0 Å². The Labute approximate surface area is 207 Å². The number of carbonyl (C=O) groups excluding carboxylic acids is 1. The van der Waals surface area contributed by atoms with Crippen LogP contribution in [0, 0.1) is 36.8 Å². The third-order valence-electron chi connectivity index (χ3n) is 6.44. The van der Waals surface area contributed by atoms with Crippen molar-refractivity contribution in [3.63, 3.8) is 0 Å². The van der Waals surface area contributed by atoms with Crippen LogP contribution < -0.4 is 20.5 Å². The number of nitriles is 1. The molecule has 1 aliphatic rings. The number of hydrogen-bond acceptors (Lipinski definition) is 5. The zero-order valence-corrected chi connectivity index (χ0v) is 20.3. The Morgan fingerprint density at radius 1 is 1.11 bits per heavy atom. The summed E-state index contributed by atoms with van der Waals surface area (Å²) in [7, 11) is 1.61. The number of nitrogens with zero attached hydrogens (tertiary/aromatic N) is 3. The molecule has 0 spiro atoms. The van der Waals surface area contributed by atoms with Gasteiger partial charge in [0.25, 0.3) is 11.5 Å². The molecule has 1 aromatic heterocycles. The second kappa shape index (κ2) is 10.2. The van der Waals surface area contributed by atoms with Crippen LogP contribution in [0.4, 0.5) is 20.2 Å². The van der Waals surface area contributed by atoms with Crippen molar-refractivity contribution in [3.8, 4) is 11.8 Å². The van der Waals surface area contributed by atoms with E-state index < -0.39 is 23.1 Å². The summed E-state index contributed by atoms with van der Waals surface area (Å²) < 4.78 is 34.3. The van der Waals surface area contributed by atoms with E-state index in [-0.39, 0.29) is 17.4 Å². The lowest BCUT2D eigenvalue weighted by atomic mass is 10.0. The van der Waals surface area contributed by atoms with E-state index >= 15 is 0 Å². The van der Waals surface area contributed by atoms with Crippen LogP contribution >= 0.6 is 0 Å². The number of carbonyl (C=O) groups is 1. The van der Waals surface area contributed by atoms with Gasteiger partial charge in [0.1, 0.15) is 17.5 Å². The molecule has 0 bridgehead atoms. The number of halogens is 2. The minimum atomic E-state index is -0.743. The number of aryl methyl sites for hydroxylation is 2. The largest absolute Gasteiger partial charge is 0.487 e. The Hall–Kier alpha value is -4.19. The molecule has 0 saturated carbocycles. The highest BCUT2D eigenvalue weighted by Gasteiger charge is 2.25. The normalized spacial score (nSPS) is 13.8. The van der Waals surface area contributed by atoms with E-state index in [9.17, 15) is 23.6 Å². The first kappa shape index (κ1) is 24.9. The zero-order chi connectivity index (χ0) is 26.0. The van der Waals surface area contributed by atoms with Gasteiger partial charge in [0.2, 0.25) is 0 Å². The fraction of sp³-hybridized carbons (Fsp3) is 0.296. The van der Waals surface area contributed by atoms with Gasteiger partial charge in [0.05, 0.1) is 23.0 Å². The number of hydrogen-bond donors (Lipinski definition) is 1. The first-order valence-electron chi connectivity index (χ1n) is 11.6. The highest BCUT2D eigenvalue weighted by molar-refractivity contribution is 6.06. The lowest BCUT2D eigenvalue weighted by molar-refractivity contribution is 0.102. The summed E-state index contributed by atoms with van der Waals surface area (Å²) >= 11 is 0. The van der Waals surface area contributed by atoms with Crippen molar-refractivity contribution in [2.45, 2.75) is 32.8 Å². The Morgan fingerprint density at radius 3 is 2.50 bits per heavy atom. The van der Waals surface area contributed by atoms with Crippen LogP contribution in [0.2, 0.25) is 0 Å². The number of amides is 1. The van der Waals surface area contributed by atoms with E-state index in [1.807, 2.05) is 4.90 Å². The number of ether oxygens (including phenoxy) is 1. The molecule has 2 aromatic carbocycles. The fourth-order valence-corrected chi connectivity index (χ4v) is 4.39. The quantitative estimate of drug-likeness (QED) is 0.569. The predicted octanol–water partition coefficient (Wildman–Crippen LogP) is 4.45. The Balaban J connectivity index is 1.53. The number of pyridine rings is 1. The lowest BCUT2D eigenvalue weighted by Crippen LogP contribution is -2.39. The summed E-state index contributed by atoms with van der Waals surface area (Å²) in [4.78, 5) is 28.0. The van der Waals surface area contributed by atoms with Gasteiger partial charge >= 0.3 is 0 Å². The van der Waals surface area contributed by atoms with Crippen LogP contribution in [0.25, 0.3) is 0 Å². The molecular weight excluding hydrogens is 466 g/mol. The van der Waals surface area contributed by atoms with E-state index in [0.29, 0.717) is 48.4 Å². The maximum absolute atomic E-state index is 14.0. The standard InChI is InChI=1S/C27H26F2N4O3/c1-16-12-17(2)32(3)27(35)25(16)26(34)31-22-13-18(15-30)4-6-23(22)33-10-8-20(9-11-33)36-24-7-5-19(28)14-21(24)29/h4-7,12-14,20H,8-11H2,1-3H3,(H,31,34). The van der Waals surface area contributed by atoms with Crippen LogP contribution in [0.5, 0.6) is 5.75 Å². The van der Waals surface area contributed by atoms with Crippen molar-refractivity contribution < 1.29 is 18.3 Å². The molecule has 1 amide bonds. The van der Waals surface area contributed by atoms with E-state index in [0.717, 1.165) is 17.8 Å². The van der Waals surface area contributed by atoms with E-state index in [1.165, 1.54) is 10.6 Å². The van der Waals surface area contributed by atoms with Crippen LogP contribution in [-0.4, -0.2) is 29.7 Å². The van der Waals surface area contributed by atoms with Gasteiger partial charge in [-0.3, -0.25) is 9.59 Å². The van der Waals surface area contributed by atoms with Gasteiger partial charge in [-0.25, -0.2) is 8.78 Å². The molecule has 0 unspecified atom stereocenters. The molecule has 3 aromatic rings. The maximum atomic E-state index is 14.0. The molecule has 0 radical (unpaired) electrons. The van der Waals surface area contributed by atoms with Crippen LogP contribution in [-0.2, 0) is 7.05 Å². The average molecular weight is 493 g/mol. The maximum Gasteiger partial charge on any atom is 0.263 e. The lowest BCUT2D eigenvalue weighted by Gasteiger charge is -2.35. The average Bonchev–Trinajstić information content (AvgIpc) is 2.85. The minimum Gasteiger partial charge on any atom is -0.487 e. The highest BCUT2D eigenvalue weighted by Crippen LogP contribution is 2.31. The summed E-state index contributed by atoms with van der Waals surface area (Å²) in [6.07, 6.45) is 0.889. The summed E-state index contributed by atoms with van der Waals surface area (Å²) in [5.41, 5.74) is 2.45. The molecule has 4 rings (SSSR count). The Kier molecular flexibility index (Phi) is 7.06. The third kappa shape index (κ3) is 5.08. The molecule has 1 saturated heterocycles. The monoisotopic (exact) mass is 492 g/mol. The number of aromatic nitrogens is 1. The predicted molar refractivity (Wildman–Crippen MR) is 132 cm³/mol. The Bertz CT molecular complexity index is 1420. The van der Waals surface area contributed by atoms with Gasteiger partial charge in [-0.1, -0.05) is 0 Å². The van der Waals surface area contributed by atoms with Crippen molar-refractivity contribution in [2.24, 2.45) is 7.05 Å². The molecule has 0 aliphatic carbocycles. The van der Waals surface area contributed by atoms with Crippen molar-refractivity contribution in [1.82, 2.24) is 4.57 Å². The smallest absolute Gasteiger partial charge is 0.263 e. The first-order chi connectivity index (χ1) is 17.2. The number of benzene rings is 2. The van der Waals surface area contributed by atoms with Gasteiger partial charge < -0.3 is 19.5 Å². The van der Waals surface area contributed by atoms with Crippen molar-refractivity contribution in [1.29, 1.82) is 5.26 Å².